The molecule has 6 heteroatoms. The van der Waals surface area contributed by atoms with E-state index in [0.717, 1.165) is 12.0 Å². The maximum absolute atomic E-state index is 12.3. The van der Waals surface area contributed by atoms with Gasteiger partial charge in [0.15, 0.2) is 0 Å². The summed E-state index contributed by atoms with van der Waals surface area (Å²) < 4.78 is 0. The molecule has 122 valence electrons. The summed E-state index contributed by atoms with van der Waals surface area (Å²) in [6.45, 7) is 1.14. The summed E-state index contributed by atoms with van der Waals surface area (Å²) in [7, 11) is 0. The summed E-state index contributed by atoms with van der Waals surface area (Å²) in [4.78, 5) is 36.8. The second-order valence-electron chi connectivity index (χ2n) is 6.20. The Balaban J connectivity index is 1.69. The Kier molecular flexibility index (Phi) is 4.32. The minimum Gasteiger partial charge on any atom is -0.481 e. The predicted octanol–water partition coefficient (Wildman–Crippen LogP) is 1.19. The fourth-order valence-electron chi connectivity index (χ4n) is 3.07. The Hall–Kier alpha value is -2.37. The Labute approximate surface area is 134 Å². The average molecular weight is 316 g/mol. The number of nitrogens with one attached hydrogen (secondary N) is 1. The van der Waals surface area contributed by atoms with Crippen LogP contribution < -0.4 is 5.32 Å². The first-order valence-electron chi connectivity index (χ1n) is 7.92. The topological polar surface area (TPSA) is 86.7 Å². The molecule has 6 nitrogen and oxygen atoms in total. The van der Waals surface area contributed by atoms with Crippen LogP contribution in [0.4, 0.5) is 0 Å². The van der Waals surface area contributed by atoms with Gasteiger partial charge in [-0.1, -0.05) is 30.3 Å². The monoisotopic (exact) mass is 316 g/mol. The van der Waals surface area contributed by atoms with Crippen molar-refractivity contribution in [3.63, 3.8) is 0 Å². The molecule has 3 rings (SSSR count). The molecule has 1 aliphatic carbocycles. The van der Waals surface area contributed by atoms with Gasteiger partial charge in [-0.3, -0.25) is 14.4 Å². The first kappa shape index (κ1) is 15.5. The highest BCUT2D eigenvalue weighted by atomic mass is 16.4. The average Bonchev–Trinajstić information content (AvgIpc) is 3.26. The molecular formula is C17H20N2O4. The number of carbonyl (C=O) groups excluding carboxylic acids is 2. The molecule has 0 spiro atoms. The van der Waals surface area contributed by atoms with Gasteiger partial charge in [0.1, 0.15) is 0 Å². The molecule has 1 aromatic carbocycles. The zero-order valence-electron chi connectivity index (χ0n) is 12.8. The second kappa shape index (κ2) is 6.40. The lowest BCUT2D eigenvalue weighted by molar-refractivity contribution is -0.140. The molecule has 2 N–H and O–H groups in total. The number of carboxylic acids is 1. The standard InChI is InChI=1S/C17H20N2O4/c20-15-7-4-8-19(15)10-14(11-5-2-1-3-6-11)18-16(21)12-9-13(12)17(22)23/h1-3,5-6,12-14H,4,7-10H2,(H,18,21)(H,22,23)/t12-,13+,14-/m0/s1. The molecule has 1 saturated carbocycles. The number of amides is 2. The lowest BCUT2D eigenvalue weighted by atomic mass is 10.1. The van der Waals surface area contributed by atoms with Gasteiger partial charge in [0.25, 0.3) is 0 Å². The molecule has 1 aliphatic heterocycles. The van der Waals surface area contributed by atoms with Crippen molar-refractivity contribution in [1.82, 2.24) is 10.2 Å². The second-order valence-corrected chi connectivity index (χ2v) is 6.20. The molecule has 3 atom stereocenters. The minimum atomic E-state index is -0.920. The van der Waals surface area contributed by atoms with Gasteiger partial charge < -0.3 is 15.3 Å². The molecule has 0 unspecified atom stereocenters. The Morgan fingerprint density at radius 2 is 2.00 bits per heavy atom. The summed E-state index contributed by atoms with van der Waals surface area (Å²) in [5.74, 6) is -2.07. The lowest BCUT2D eigenvalue weighted by Gasteiger charge is -2.25. The number of hydrogen-bond acceptors (Lipinski definition) is 3. The highest BCUT2D eigenvalue weighted by molar-refractivity contribution is 5.89. The smallest absolute Gasteiger partial charge is 0.307 e. The third-order valence-corrected chi connectivity index (χ3v) is 4.54. The highest BCUT2D eigenvalue weighted by Crippen LogP contribution is 2.39. The zero-order chi connectivity index (χ0) is 16.4. The summed E-state index contributed by atoms with van der Waals surface area (Å²) in [6.07, 6.45) is 1.79. The number of rotatable bonds is 6. The first-order chi connectivity index (χ1) is 11.1. The van der Waals surface area contributed by atoms with Crippen molar-refractivity contribution >= 4 is 17.8 Å². The van der Waals surface area contributed by atoms with Crippen molar-refractivity contribution in [2.45, 2.75) is 25.3 Å². The van der Waals surface area contributed by atoms with Crippen LogP contribution in [0, 0.1) is 11.8 Å². The molecular weight excluding hydrogens is 296 g/mol. The molecule has 1 heterocycles. The third kappa shape index (κ3) is 3.52. The van der Waals surface area contributed by atoms with Crippen LogP contribution in [0.25, 0.3) is 0 Å². The van der Waals surface area contributed by atoms with Crippen molar-refractivity contribution < 1.29 is 19.5 Å². The zero-order valence-corrected chi connectivity index (χ0v) is 12.8. The van der Waals surface area contributed by atoms with Crippen LogP contribution in [0.1, 0.15) is 30.9 Å². The van der Waals surface area contributed by atoms with Crippen molar-refractivity contribution in [2.75, 3.05) is 13.1 Å². The number of benzene rings is 1. The molecule has 0 radical (unpaired) electrons. The normalized spacial score (nSPS) is 24.3. The minimum absolute atomic E-state index is 0.106. The molecule has 0 aromatic heterocycles. The van der Waals surface area contributed by atoms with Crippen molar-refractivity contribution in [1.29, 1.82) is 0 Å². The van der Waals surface area contributed by atoms with E-state index in [0.29, 0.717) is 25.9 Å². The Morgan fingerprint density at radius 1 is 1.26 bits per heavy atom. The van der Waals surface area contributed by atoms with Gasteiger partial charge in [0.05, 0.1) is 17.9 Å². The Bertz CT molecular complexity index is 616. The third-order valence-electron chi connectivity index (χ3n) is 4.54. The molecule has 23 heavy (non-hydrogen) atoms. The van der Waals surface area contributed by atoms with E-state index >= 15 is 0 Å². The van der Waals surface area contributed by atoms with Gasteiger partial charge >= 0.3 is 5.97 Å². The fraction of sp³-hybridized carbons (Fsp3) is 0.471. The van der Waals surface area contributed by atoms with E-state index in [4.69, 9.17) is 5.11 Å². The van der Waals surface area contributed by atoms with E-state index in [9.17, 15) is 14.4 Å². The van der Waals surface area contributed by atoms with E-state index < -0.39 is 17.8 Å². The number of aliphatic carboxylic acids is 1. The number of carboxylic acid groups (broad SMARTS) is 1. The summed E-state index contributed by atoms with van der Waals surface area (Å²) in [6, 6.07) is 9.18. The predicted molar refractivity (Wildman–Crippen MR) is 82.4 cm³/mol. The van der Waals surface area contributed by atoms with Crippen molar-refractivity contribution in [3.8, 4) is 0 Å². The number of nitrogens with zero attached hydrogens (tertiary/aromatic N) is 1. The van der Waals surface area contributed by atoms with Crippen molar-refractivity contribution in [2.24, 2.45) is 11.8 Å². The molecule has 2 amide bonds. The SMILES string of the molecule is O=C(N[C@@H](CN1CCCC1=O)c1ccccc1)[C@H]1C[C@H]1C(=O)O. The van der Waals surface area contributed by atoms with E-state index in [-0.39, 0.29) is 17.9 Å². The molecule has 0 bridgehead atoms. The molecule has 1 saturated heterocycles. The largest absolute Gasteiger partial charge is 0.481 e. The van der Waals surface area contributed by atoms with Crippen LogP contribution in [0.5, 0.6) is 0 Å². The first-order valence-corrected chi connectivity index (χ1v) is 7.92. The summed E-state index contributed by atoms with van der Waals surface area (Å²) in [5.41, 5.74) is 0.924. The van der Waals surface area contributed by atoms with Crippen LogP contribution in [0.2, 0.25) is 0 Å². The number of likely N-dealkylation sites (tertiary alicyclic amines) is 1. The van der Waals surface area contributed by atoms with Gasteiger partial charge in [0.2, 0.25) is 11.8 Å². The van der Waals surface area contributed by atoms with Crippen molar-refractivity contribution in [3.05, 3.63) is 35.9 Å². The van der Waals surface area contributed by atoms with Crippen LogP contribution in [-0.4, -0.2) is 40.9 Å². The Morgan fingerprint density at radius 3 is 2.57 bits per heavy atom. The number of hydrogen-bond donors (Lipinski definition) is 2. The van der Waals surface area contributed by atoms with Gasteiger partial charge in [-0.2, -0.15) is 0 Å². The quantitative estimate of drug-likeness (QED) is 0.825. The van der Waals surface area contributed by atoms with Gasteiger partial charge in [-0.15, -0.1) is 0 Å². The summed E-state index contributed by atoms with van der Waals surface area (Å²) >= 11 is 0. The van der Waals surface area contributed by atoms with Gasteiger partial charge in [-0.05, 0) is 18.4 Å². The summed E-state index contributed by atoms with van der Waals surface area (Å²) in [5, 5.41) is 11.9. The van der Waals surface area contributed by atoms with Crippen LogP contribution in [0.15, 0.2) is 30.3 Å². The fourth-order valence-corrected chi connectivity index (χ4v) is 3.07. The maximum Gasteiger partial charge on any atom is 0.307 e. The van der Waals surface area contributed by atoms with E-state index in [1.54, 1.807) is 4.90 Å². The van der Waals surface area contributed by atoms with Crippen LogP contribution in [0.3, 0.4) is 0 Å². The van der Waals surface area contributed by atoms with Gasteiger partial charge in [-0.25, -0.2) is 0 Å². The molecule has 1 aromatic rings. The van der Waals surface area contributed by atoms with E-state index in [1.165, 1.54) is 0 Å². The lowest BCUT2D eigenvalue weighted by Crippen LogP contribution is -2.39. The molecule has 2 aliphatic rings. The van der Waals surface area contributed by atoms with E-state index in [2.05, 4.69) is 5.32 Å². The van der Waals surface area contributed by atoms with Gasteiger partial charge in [0, 0.05) is 19.5 Å². The highest BCUT2D eigenvalue weighted by Gasteiger charge is 2.48. The maximum atomic E-state index is 12.3. The van der Waals surface area contributed by atoms with E-state index in [1.807, 2.05) is 30.3 Å². The molecule has 2 fully saturated rings. The van der Waals surface area contributed by atoms with Crippen LogP contribution in [-0.2, 0) is 14.4 Å². The van der Waals surface area contributed by atoms with Crippen LogP contribution >= 0.6 is 0 Å². The number of carbonyl (C=O) groups is 3.